The number of ether oxygens (including phenoxy) is 1. The van der Waals surface area contributed by atoms with Crippen LogP contribution >= 0.6 is 0 Å². The third-order valence-corrected chi connectivity index (χ3v) is 3.07. The van der Waals surface area contributed by atoms with Crippen molar-refractivity contribution in [2.24, 2.45) is 0 Å². The first-order valence-electron chi connectivity index (χ1n) is 6.33. The SMILES string of the molecule is O=C(O)c1nc(NN2CCOCC2)c2ccccc2n1. The summed E-state index contributed by atoms with van der Waals surface area (Å²) >= 11 is 0. The molecule has 0 atom stereocenters. The summed E-state index contributed by atoms with van der Waals surface area (Å²) in [4.78, 5) is 19.2. The smallest absolute Gasteiger partial charge is 0.374 e. The molecule has 1 aliphatic rings. The number of benzene rings is 1. The van der Waals surface area contributed by atoms with E-state index in [1.54, 1.807) is 6.07 Å². The number of carboxylic acids is 1. The van der Waals surface area contributed by atoms with E-state index in [4.69, 9.17) is 9.84 Å². The van der Waals surface area contributed by atoms with Crippen LogP contribution in [0.4, 0.5) is 5.82 Å². The van der Waals surface area contributed by atoms with Crippen LogP contribution in [0.15, 0.2) is 24.3 Å². The van der Waals surface area contributed by atoms with E-state index >= 15 is 0 Å². The van der Waals surface area contributed by atoms with Crippen LogP contribution in [0.5, 0.6) is 0 Å². The molecule has 1 aromatic heterocycles. The number of carboxylic acid groups (broad SMARTS) is 1. The van der Waals surface area contributed by atoms with Crippen molar-refractivity contribution in [3.8, 4) is 0 Å². The van der Waals surface area contributed by atoms with Crippen molar-refractivity contribution in [2.75, 3.05) is 31.7 Å². The minimum atomic E-state index is -1.14. The van der Waals surface area contributed by atoms with Crippen molar-refractivity contribution < 1.29 is 14.6 Å². The first-order valence-corrected chi connectivity index (χ1v) is 6.33. The van der Waals surface area contributed by atoms with E-state index in [2.05, 4.69) is 15.4 Å². The number of nitrogens with zero attached hydrogens (tertiary/aromatic N) is 3. The van der Waals surface area contributed by atoms with Crippen molar-refractivity contribution >= 4 is 22.7 Å². The molecule has 1 aliphatic heterocycles. The van der Waals surface area contributed by atoms with Gasteiger partial charge in [-0.25, -0.2) is 19.8 Å². The number of aromatic nitrogens is 2. The van der Waals surface area contributed by atoms with Crippen LogP contribution in [-0.4, -0.2) is 52.4 Å². The Labute approximate surface area is 115 Å². The number of nitrogens with one attached hydrogen (secondary N) is 1. The molecule has 0 aliphatic carbocycles. The summed E-state index contributed by atoms with van der Waals surface area (Å²) in [7, 11) is 0. The molecule has 0 radical (unpaired) electrons. The van der Waals surface area contributed by atoms with Crippen LogP contribution in [0.2, 0.25) is 0 Å². The van der Waals surface area contributed by atoms with Gasteiger partial charge in [0.05, 0.1) is 18.7 Å². The summed E-state index contributed by atoms with van der Waals surface area (Å²) < 4.78 is 5.28. The fraction of sp³-hybridized carbons (Fsp3) is 0.308. The number of anilines is 1. The Balaban J connectivity index is 2.00. The maximum absolute atomic E-state index is 11.1. The Hall–Kier alpha value is -2.25. The Morgan fingerprint density at radius 2 is 2.00 bits per heavy atom. The van der Waals surface area contributed by atoms with Gasteiger partial charge in [0.2, 0.25) is 5.82 Å². The Kier molecular flexibility index (Phi) is 3.44. The molecule has 1 fully saturated rings. The van der Waals surface area contributed by atoms with Crippen LogP contribution < -0.4 is 5.43 Å². The molecule has 1 aromatic carbocycles. The topological polar surface area (TPSA) is 87.6 Å². The Morgan fingerprint density at radius 3 is 2.75 bits per heavy atom. The van der Waals surface area contributed by atoms with Crippen LogP contribution in [0.3, 0.4) is 0 Å². The number of hydrogen-bond donors (Lipinski definition) is 2. The highest BCUT2D eigenvalue weighted by Crippen LogP contribution is 2.20. The predicted octanol–water partition coefficient (Wildman–Crippen LogP) is 0.987. The molecule has 2 aromatic rings. The number of hydrogen-bond acceptors (Lipinski definition) is 6. The van der Waals surface area contributed by atoms with Gasteiger partial charge >= 0.3 is 5.97 Å². The quantitative estimate of drug-likeness (QED) is 0.862. The van der Waals surface area contributed by atoms with Gasteiger partial charge in [-0.15, -0.1) is 0 Å². The fourth-order valence-electron chi connectivity index (χ4n) is 2.08. The highest BCUT2D eigenvalue weighted by Gasteiger charge is 2.16. The number of morpholine rings is 1. The Bertz CT molecular complexity index is 641. The zero-order valence-electron chi connectivity index (χ0n) is 10.7. The molecule has 0 bridgehead atoms. The second kappa shape index (κ2) is 5.40. The normalized spacial score (nSPS) is 16.2. The predicted molar refractivity (Wildman–Crippen MR) is 72.5 cm³/mol. The number of fused-ring (bicyclic) bond motifs is 1. The third-order valence-electron chi connectivity index (χ3n) is 3.07. The van der Waals surface area contributed by atoms with Gasteiger partial charge in [0.15, 0.2) is 5.82 Å². The summed E-state index contributed by atoms with van der Waals surface area (Å²) in [6.07, 6.45) is 0. The van der Waals surface area contributed by atoms with Gasteiger partial charge in [-0.1, -0.05) is 12.1 Å². The molecular formula is C13H14N4O3. The summed E-state index contributed by atoms with van der Waals surface area (Å²) in [6, 6.07) is 7.33. The average molecular weight is 274 g/mol. The van der Waals surface area contributed by atoms with Gasteiger partial charge in [0.25, 0.3) is 0 Å². The van der Waals surface area contributed by atoms with E-state index in [1.165, 1.54) is 0 Å². The van der Waals surface area contributed by atoms with Gasteiger partial charge in [-0.05, 0) is 12.1 Å². The first-order chi connectivity index (χ1) is 9.74. The van der Waals surface area contributed by atoms with Crippen molar-refractivity contribution in [1.29, 1.82) is 0 Å². The zero-order chi connectivity index (χ0) is 13.9. The van der Waals surface area contributed by atoms with E-state index < -0.39 is 5.97 Å². The number of aromatic carboxylic acids is 1. The number of rotatable bonds is 3. The molecule has 7 heteroatoms. The first kappa shape index (κ1) is 12.8. The number of hydrazine groups is 1. The summed E-state index contributed by atoms with van der Waals surface area (Å²) in [5.74, 6) is -0.838. The summed E-state index contributed by atoms with van der Waals surface area (Å²) in [5, 5.41) is 11.8. The van der Waals surface area contributed by atoms with Crippen molar-refractivity contribution in [1.82, 2.24) is 15.0 Å². The van der Waals surface area contributed by atoms with E-state index in [0.29, 0.717) is 24.5 Å². The van der Waals surface area contributed by atoms with Gasteiger partial charge < -0.3 is 15.3 Å². The van der Waals surface area contributed by atoms with Gasteiger partial charge in [0, 0.05) is 18.5 Å². The number of para-hydroxylation sites is 1. The molecule has 0 amide bonds. The lowest BCUT2D eigenvalue weighted by Crippen LogP contribution is -2.40. The van der Waals surface area contributed by atoms with Crippen LogP contribution in [0.25, 0.3) is 10.9 Å². The van der Waals surface area contributed by atoms with Crippen LogP contribution in [0, 0.1) is 0 Å². The molecule has 2 N–H and O–H groups in total. The lowest BCUT2D eigenvalue weighted by Gasteiger charge is -2.27. The van der Waals surface area contributed by atoms with E-state index in [0.717, 1.165) is 18.5 Å². The summed E-state index contributed by atoms with van der Waals surface area (Å²) in [6.45, 7) is 2.73. The highest BCUT2D eigenvalue weighted by molar-refractivity contribution is 5.93. The highest BCUT2D eigenvalue weighted by atomic mass is 16.5. The van der Waals surface area contributed by atoms with E-state index in [1.807, 2.05) is 23.2 Å². The maximum Gasteiger partial charge on any atom is 0.374 e. The molecule has 7 nitrogen and oxygen atoms in total. The van der Waals surface area contributed by atoms with Crippen LogP contribution in [0.1, 0.15) is 10.6 Å². The van der Waals surface area contributed by atoms with Crippen molar-refractivity contribution in [3.63, 3.8) is 0 Å². The largest absolute Gasteiger partial charge is 0.475 e. The minimum absolute atomic E-state index is 0.209. The van der Waals surface area contributed by atoms with Crippen LogP contribution in [-0.2, 0) is 4.74 Å². The maximum atomic E-state index is 11.1. The molecule has 0 saturated carbocycles. The molecule has 2 heterocycles. The fourth-order valence-corrected chi connectivity index (χ4v) is 2.08. The second-order valence-corrected chi connectivity index (χ2v) is 4.43. The van der Waals surface area contributed by atoms with Gasteiger partial charge in [0.1, 0.15) is 0 Å². The molecule has 20 heavy (non-hydrogen) atoms. The molecular weight excluding hydrogens is 260 g/mol. The zero-order valence-corrected chi connectivity index (χ0v) is 10.7. The number of carbonyl (C=O) groups is 1. The van der Waals surface area contributed by atoms with Crippen molar-refractivity contribution in [2.45, 2.75) is 0 Å². The monoisotopic (exact) mass is 274 g/mol. The summed E-state index contributed by atoms with van der Waals surface area (Å²) in [5.41, 5.74) is 3.77. The standard InChI is InChI=1S/C13H14N4O3/c18-13(19)12-14-10-4-2-1-3-9(10)11(15-12)16-17-5-7-20-8-6-17/h1-4H,5-8H2,(H,18,19)(H,14,15,16). The van der Waals surface area contributed by atoms with Gasteiger partial charge in [-0.2, -0.15) is 0 Å². The molecule has 1 saturated heterocycles. The Morgan fingerprint density at radius 1 is 1.25 bits per heavy atom. The average Bonchev–Trinajstić information content (AvgIpc) is 2.48. The van der Waals surface area contributed by atoms with E-state index in [-0.39, 0.29) is 5.82 Å². The second-order valence-electron chi connectivity index (χ2n) is 4.43. The molecule has 104 valence electrons. The van der Waals surface area contributed by atoms with E-state index in [9.17, 15) is 4.79 Å². The molecule has 0 spiro atoms. The van der Waals surface area contributed by atoms with Gasteiger partial charge in [-0.3, -0.25) is 0 Å². The molecule has 3 rings (SSSR count). The molecule has 0 unspecified atom stereocenters. The lowest BCUT2D eigenvalue weighted by atomic mass is 10.2. The van der Waals surface area contributed by atoms with Crippen molar-refractivity contribution in [3.05, 3.63) is 30.1 Å². The lowest BCUT2D eigenvalue weighted by molar-refractivity contribution is 0.0495. The third kappa shape index (κ3) is 2.54. The minimum Gasteiger partial charge on any atom is -0.475 e.